The molecule has 0 saturated heterocycles. The lowest BCUT2D eigenvalue weighted by Gasteiger charge is -2.00. The Morgan fingerprint density at radius 1 is 1.67 bits per heavy atom. The Balaban J connectivity index is 3.11. The zero-order valence-electron chi connectivity index (χ0n) is 6.12. The van der Waals surface area contributed by atoms with Gasteiger partial charge in [0.1, 0.15) is 0 Å². The van der Waals surface area contributed by atoms with Crippen LogP contribution in [0.3, 0.4) is 0 Å². The Morgan fingerprint density at radius 2 is 2.33 bits per heavy atom. The molecule has 1 aromatic heterocycles. The van der Waals surface area contributed by atoms with Crippen molar-refractivity contribution in [3.63, 3.8) is 0 Å². The van der Waals surface area contributed by atoms with Crippen molar-refractivity contribution in [1.29, 1.82) is 0 Å². The Labute approximate surface area is 74.3 Å². The van der Waals surface area contributed by atoms with E-state index in [9.17, 15) is 4.79 Å². The molecule has 1 aromatic rings. The van der Waals surface area contributed by atoms with Crippen LogP contribution < -0.4 is 0 Å². The SMILES string of the molecule is C=C(C(=O)O)c1ccncc1Cl. The fraction of sp³-hybridized carbons (Fsp3) is 0. The minimum atomic E-state index is -1.08. The van der Waals surface area contributed by atoms with Crippen molar-refractivity contribution >= 4 is 23.1 Å². The Morgan fingerprint density at radius 3 is 2.83 bits per heavy atom. The summed E-state index contributed by atoms with van der Waals surface area (Å²) in [4.78, 5) is 14.2. The first-order chi connectivity index (χ1) is 5.63. The van der Waals surface area contributed by atoms with E-state index < -0.39 is 5.97 Å². The normalized spacial score (nSPS) is 9.42. The van der Waals surface area contributed by atoms with Crippen LogP contribution in [0.25, 0.3) is 5.57 Å². The Hall–Kier alpha value is -1.35. The molecular weight excluding hydrogens is 178 g/mol. The molecule has 3 nitrogen and oxygen atoms in total. The quantitative estimate of drug-likeness (QED) is 0.712. The highest BCUT2D eigenvalue weighted by molar-refractivity contribution is 6.34. The molecule has 1 rings (SSSR count). The third-order valence-electron chi connectivity index (χ3n) is 1.36. The van der Waals surface area contributed by atoms with E-state index in [2.05, 4.69) is 11.6 Å². The average molecular weight is 184 g/mol. The van der Waals surface area contributed by atoms with Gasteiger partial charge in [-0.3, -0.25) is 4.98 Å². The number of carboxylic acid groups (broad SMARTS) is 1. The molecule has 0 amide bonds. The maximum absolute atomic E-state index is 10.5. The molecule has 0 unspecified atom stereocenters. The second-order valence-electron chi connectivity index (χ2n) is 2.14. The number of pyridine rings is 1. The van der Waals surface area contributed by atoms with E-state index in [1.54, 1.807) is 0 Å². The topological polar surface area (TPSA) is 50.2 Å². The van der Waals surface area contributed by atoms with Gasteiger partial charge in [-0.1, -0.05) is 18.2 Å². The molecule has 0 saturated carbocycles. The van der Waals surface area contributed by atoms with Crippen molar-refractivity contribution in [3.8, 4) is 0 Å². The van der Waals surface area contributed by atoms with E-state index >= 15 is 0 Å². The maximum Gasteiger partial charge on any atom is 0.335 e. The van der Waals surface area contributed by atoms with Crippen molar-refractivity contribution in [3.05, 3.63) is 35.6 Å². The summed E-state index contributed by atoms with van der Waals surface area (Å²) in [5, 5.41) is 8.88. The molecule has 62 valence electrons. The van der Waals surface area contributed by atoms with Gasteiger partial charge >= 0.3 is 5.97 Å². The molecule has 0 aromatic carbocycles. The van der Waals surface area contributed by atoms with Crippen LogP contribution in [-0.2, 0) is 4.79 Å². The summed E-state index contributed by atoms with van der Waals surface area (Å²) in [5.74, 6) is -1.08. The lowest BCUT2D eigenvalue weighted by molar-refractivity contribution is -0.130. The van der Waals surface area contributed by atoms with Crippen LogP contribution in [0, 0.1) is 0 Å². The number of carbonyl (C=O) groups is 1. The van der Waals surface area contributed by atoms with E-state index in [4.69, 9.17) is 16.7 Å². The summed E-state index contributed by atoms with van der Waals surface area (Å²) in [5.41, 5.74) is 0.376. The second kappa shape index (κ2) is 3.36. The summed E-state index contributed by atoms with van der Waals surface area (Å²) < 4.78 is 0. The Kier molecular flexibility index (Phi) is 2.45. The van der Waals surface area contributed by atoms with Gasteiger partial charge in [0.25, 0.3) is 0 Å². The highest BCUT2D eigenvalue weighted by Crippen LogP contribution is 2.20. The molecule has 0 spiro atoms. The number of rotatable bonds is 2. The lowest BCUT2D eigenvalue weighted by atomic mass is 10.1. The standard InChI is InChI=1S/C8H6ClNO2/c1-5(8(11)12)6-2-3-10-4-7(6)9/h2-4H,1H2,(H,11,12). The highest BCUT2D eigenvalue weighted by atomic mass is 35.5. The molecule has 0 fully saturated rings. The van der Waals surface area contributed by atoms with Gasteiger partial charge in [-0.2, -0.15) is 0 Å². The second-order valence-corrected chi connectivity index (χ2v) is 2.55. The van der Waals surface area contributed by atoms with Gasteiger partial charge in [0.05, 0.1) is 10.6 Å². The van der Waals surface area contributed by atoms with Crippen LogP contribution in [0.4, 0.5) is 0 Å². The number of hydrogen-bond acceptors (Lipinski definition) is 2. The van der Waals surface area contributed by atoms with Crippen LogP contribution in [0.2, 0.25) is 5.02 Å². The van der Waals surface area contributed by atoms with Crippen LogP contribution in [0.5, 0.6) is 0 Å². The van der Waals surface area contributed by atoms with E-state index in [-0.39, 0.29) is 5.57 Å². The molecule has 0 aliphatic carbocycles. The monoisotopic (exact) mass is 183 g/mol. The van der Waals surface area contributed by atoms with Crippen molar-refractivity contribution < 1.29 is 9.90 Å². The summed E-state index contributed by atoms with van der Waals surface area (Å²) in [7, 11) is 0. The van der Waals surface area contributed by atoms with Crippen LogP contribution >= 0.6 is 11.6 Å². The van der Waals surface area contributed by atoms with Crippen molar-refractivity contribution in [2.24, 2.45) is 0 Å². The minimum Gasteiger partial charge on any atom is -0.478 e. The fourth-order valence-electron chi connectivity index (χ4n) is 0.735. The third kappa shape index (κ3) is 1.62. The molecule has 1 heterocycles. The van der Waals surface area contributed by atoms with E-state index in [1.165, 1.54) is 18.5 Å². The van der Waals surface area contributed by atoms with Crippen LogP contribution in [0.1, 0.15) is 5.56 Å². The number of aromatic nitrogens is 1. The van der Waals surface area contributed by atoms with E-state index in [1.807, 2.05) is 0 Å². The molecule has 0 atom stereocenters. The largest absolute Gasteiger partial charge is 0.478 e. The number of nitrogens with zero attached hydrogens (tertiary/aromatic N) is 1. The first-order valence-corrected chi connectivity index (χ1v) is 3.53. The van der Waals surface area contributed by atoms with Gasteiger partial charge < -0.3 is 5.11 Å². The molecule has 0 bridgehead atoms. The predicted molar refractivity (Wildman–Crippen MR) is 45.9 cm³/mol. The van der Waals surface area contributed by atoms with Crippen molar-refractivity contribution in [1.82, 2.24) is 4.98 Å². The number of halogens is 1. The first-order valence-electron chi connectivity index (χ1n) is 3.15. The molecule has 4 heteroatoms. The summed E-state index contributed by atoms with van der Waals surface area (Å²) in [6.07, 6.45) is 2.85. The van der Waals surface area contributed by atoms with Crippen LogP contribution in [-0.4, -0.2) is 16.1 Å². The Bertz CT molecular complexity index is 336. The predicted octanol–water partition coefficient (Wildman–Crippen LogP) is 1.83. The summed E-state index contributed by atoms with van der Waals surface area (Å²) in [6.45, 7) is 3.37. The molecule has 0 radical (unpaired) electrons. The number of hydrogen-bond donors (Lipinski definition) is 1. The molecule has 12 heavy (non-hydrogen) atoms. The molecular formula is C8H6ClNO2. The molecule has 1 N–H and O–H groups in total. The smallest absolute Gasteiger partial charge is 0.335 e. The summed E-state index contributed by atoms with van der Waals surface area (Å²) in [6, 6.07) is 1.51. The summed E-state index contributed by atoms with van der Waals surface area (Å²) >= 11 is 5.68. The van der Waals surface area contributed by atoms with E-state index in [0.29, 0.717) is 10.6 Å². The lowest BCUT2D eigenvalue weighted by Crippen LogP contribution is -1.98. The molecule has 0 aliphatic rings. The highest BCUT2D eigenvalue weighted by Gasteiger charge is 2.09. The number of aliphatic carboxylic acids is 1. The van der Waals surface area contributed by atoms with Gasteiger partial charge in [0.15, 0.2) is 0 Å². The van der Waals surface area contributed by atoms with E-state index in [0.717, 1.165) is 0 Å². The maximum atomic E-state index is 10.5. The zero-order chi connectivity index (χ0) is 9.14. The van der Waals surface area contributed by atoms with Crippen molar-refractivity contribution in [2.75, 3.05) is 0 Å². The average Bonchev–Trinajstić information content (AvgIpc) is 2.04. The fourth-order valence-corrected chi connectivity index (χ4v) is 0.969. The first kappa shape index (κ1) is 8.74. The van der Waals surface area contributed by atoms with Gasteiger partial charge in [-0.05, 0) is 6.07 Å². The zero-order valence-corrected chi connectivity index (χ0v) is 6.88. The third-order valence-corrected chi connectivity index (χ3v) is 1.66. The number of carboxylic acids is 1. The van der Waals surface area contributed by atoms with Gasteiger partial charge in [0.2, 0.25) is 0 Å². The van der Waals surface area contributed by atoms with Crippen LogP contribution in [0.15, 0.2) is 25.0 Å². The minimum absolute atomic E-state index is 0.0256. The van der Waals surface area contributed by atoms with Gasteiger partial charge in [-0.15, -0.1) is 0 Å². The van der Waals surface area contributed by atoms with Gasteiger partial charge in [0, 0.05) is 18.0 Å². The van der Waals surface area contributed by atoms with Gasteiger partial charge in [-0.25, -0.2) is 4.79 Å². The molecule has 0 aliphatic heterocycles. The van der Waals surface area contributed by atoms with Crippen molar-refractivity contribution in [2.45, 2.75) is 0 Å².